The number of allylic oxidation sites excluding steroid dienone is 1. The lowest BCUT2D eigenvalue weighted by Crippen LogP contribution is -2.50. The van der Waals surface area contributed by atoms with E-state index in [2.05, 4.69) is 20.8 Å². The van der Waals surface area contributed by atoms with Crippen molar-refractivity contribution in [3.05, 3.63) is 69.4 Å². The molecule has 1 aliphatic heterocycles. The Kier molecular flexibility index (Phi) is 6.79. The van der Waals surface area contributed by atoms with E-state index in [1.807, 2.05) is 19.1 Å². The third kappa shape index (κ3) is 4.61. The van der Waals surface area contributed by atoms with Gasteiger partial charge in [-0.25, -0.2) is 8.42 Å². The van der Waals surface area contributed by atoms with E-state index in [9.17, 15) is 32.8 Å². The van der Waals surface area contributed by atoms with Crippen LogP contribution >= 0.6 is 0 Å². The SMILES string of the molecule is CC1CC=C(NC2CS(=O)(=O)c3cc(C(=O)N=O)ccc32)c2ccnc(C(=O)NCC34CCC(C(=O)O)(CC3)CC4)c21. The molecule has 2 heterocycles. The third-order valence-electron chi connectivity index (χ3n) is 9.91. The first-order valence-electron chi connectivity index (χ1n) is 14.2. The summed E-state index contributed by atoms with van der Waals surface area (Å²) in [5.41, 5.74) is 2.32. The number of fused-ring (bicyclic) bond motifs is 5. The lowest BCUT2D eigenvalue weighted by molar-refractivity contribution is -0.158. The van der Waals surface area contributed by atoms with Crippen molar-refractivity contribution in [3.63, 3.8) is 0 Å². The summed E-state index contributed by atoms with van der Waals surface area (Å²) in [4.78, 5) is 52.2. The van der Waals surface area contributed by atoms with Crippen LogP contribution in [0.4, 0.5) is 0 Å². The third-order valence-corrected chi connectivity index (χ3v) is 11.7. The second kappa shape index (κ2) is 10.1. The molecule has 0 saturated heterocycles. The van der Waals surface area contributed by atoms with Crippen molar-refractivity contribution in [2.45, 2.75) is 68.7 Å². The van der Waals surface area contributed by atoms with E-state index in [4.69, 9.17) is 0 Å². The number of amides is 2. The van der Waals surface area contributed by atoms with Crippen LogP contribution in [0.2, 0.25) is 0 Å². The molecule has 1 aromatic carbocycles. The molecule has 2 bridgehead atoms. The molecular weight excluding hydrogens is 560 g/mol. The number of nitrogens with one attached hydrogen (secondary N) is 2. The summed E-state index contributed by atoms with van der Waals surface area (Å²) >= 11 is 0. The Morgan fingerprint density at radius 1 is 1.10 bits per heavy atom. The highest BCUT2D eigenvalue weighted by Crippen LogP contribution is 2.56. The van der Waals surface area contributed by atoms with Crippen LogP contribution in [0.1, 0.15) is 101 Å². The zero-order valence-electron chi connectivity index (χ0n) is 23.2. The first-order valence-corrected chi connectivity index (χ1v) is 15.8. The molecule has 3 N–H and O–H groups in total. The minimum Gasteiger partial charge on any atom is -0.481 e. The van der Waals surface area contributed by atoms with Crippen LogP contribution in [0, 0.1) is 15.7 Å². The Morgan fingerprint density at radius 2 is 1.81 bits per heavy atom. The number of carbonyl (C=O) groups is 3. The van der Waals surface area contributed by atoms with E-state index in [0.29, 0.717) is 49.2 Å². The summed E-state index contributed by atoms with van der Waals surface area (Å²) < 4.78 is 25.9. The molecular formula is C30H32N4O7S. The molecule has 1 aromatic heterocycles. The van der Waals surface area contributed by atoms with E-state index < -0.39 is 33.2 Å². The van der Waals surface area contributed by atoms with E-state index in [0.717, 1.165) is 30.4 Å². The van der Waals surface area contributed by atoms with Gasteiger partial charge < -0.3 is 15.7 Å². The molecule has 0 radical (unpaired) electrons. The number of pyridine rings is 1. The van der Waals surface area contributed by atoms with Gasteiger partial charge in [-0.15, -0.1) is 4.91 Å². The van der Waals surface area contributed by atoms with Crippen molar-refractivity contribution in [1.82, 2.24) is 15.6 Å². The summed E-state index contributed by atoms with van der Waals surface area (Å²) in [7, 11) is -3.71. The average molecular weight is 593 g/mol. The lowest BCUT2D eigenvalue weighted by atomic mass is 9.53. The maximum atomic E-state index is 13.5. The maximum Gasteiger partial charge on any atom is 0.316 e. The normalized spacial score (nSPS) is 28.6. The molecule has 3 fully saturated rings. The maximum absolute atomic E-state index is 13.5. The molecule has 7 rings (SSSR count). The standard InChI is InChI=1S/C30H32N4O7S/c1-17-2-5-21(33-22-15-42(40,41)23-14-18(26(35)34-39)3-4-19(22)23)20-6-13-31-25(24(17)20)27(36)32-16-29-7-10-30(11-8-29,12-9-29)28(37)38/h3-6,13-14,17,22,33H,2,7-12,15-16H2,1H3,(H,32,36)(H,37,38). The minimum atomic E-state index is -3.71. The van der Waals surface area contributed by atoms with Crippen molar-refractivity contribution >= 4 is 33.3 Å². The van der Waals surface area contributed by atoms with Gasteiger partial charge in [0.15, 0.2) is 9.84 Å². The highest BCUT2D eigenvalue weighted by atomic mass is 32.2. The summed E-state index contributed by atoms with van der Waals surface area (Å²) in [5, 5.41) is 18.5. The summed E-state index contributed by atoms with van der Waals surface area (Å²) in [6, 6.07) is 5.36. The lowest BCUT2D eigenvalue weighted by Gasteiger charge is -2.51. The number of rotatable bonds is 7. The smallest absolute Gasteiger partial charge is 0.316 e. The van der Waals surface area contributed by atoms with E-state index in [1.165, 1.54) is 18.2 Å². The summed E-state index contributed by atoms with van der Waals surface area (Å²) in [6.45, 7) is 2.50. The highest BCUT2D eigenvalue weighted by molar-refractivity contribution is 7.91. The van der Waals surface area contributed by atoms with Crippen molar-refractivity contribution in [1.29, 1.82) is 0 Å². The van der Waals surface area contributed by atoms with Gasteiger partial charge in [-0.3, -0.25) is 19.4 Å². The predicted molar refractivity (Wildman–Crippen MR) is 152 cm³/mol. The quantitative estimate of drug-likeness (QED) is 0.400. The Hall–Kier alpha value is -3.93. The van der Waals surface area contributed by atoms with Gasteiger partial charge in [0.2, 0.25) is 0 Å². The van der Waals surface area contributed by atoms with Gasteiger partial charge in [0.05, 0.1) is 22.1 Å². The van der Waals surface area contributed by atoms with Gasteiger partial charge in [-0.05, 0) is 85.6 Å². The number of carbonyl (C=O) groups excluding carboxylic acids is 2. The summed E-state index contributed by atoms with van der Waals surface area (Å²) in [6.07, 6.45) is 8.43. The Morgan fingerprint density at radius 3 is 2.48 bits per heavy atom. The van der Waals surface area contributed by atoms with Crippen LogP contribution in [0.25, 0.3) is 5.70 Å². The van der Waals surface area contributed by atoms with Crippen LogP contribution in [0.5, 0.6) is 0 Å². The highest BCUT2D eigenvalue weighted by Gasteiger charge is 2.52. The fourth-order valence-electron chi connectivity index (χ4n) is 7.23. The number of hydrogen-bond acceptors (Lipinski definition) is 8. The van der Waals surface area contributed by atoms with E-state index in [-0.39, 0.29) is 33.5 Å². The van der Waals surface area contributed by atoms with E-state index >= 15 is 0 Å². The van der Waals surface area contributed by atoms with Gasteiger partial charge in [-0.2, -0.15) is 0 Å². The van der Waals surface area contributed by atoms with Gasteiger partial charge in [0.25, 0.3) is 5.91 Å². The average Bonchev–Trinajstić information content (AvgIpc) is 3.26. The fourth-order valence-corrected chi connectivity index (χ4v) is 8.99. The molecule has 4 aliphatic carbocycles. The van der Waals surface area contributed by atoms with Crippen LogP contribution < -0.4 is 10.6 Å². The van der Waals surface area contributed by atoms with Gasteiger partial charge in [0.1, 0.15) is 5.69 Å². The monoisotopic (exact) mass is 592 g/mol. The van der Waals surface area contributed by atoms with Gasteiger partial charge >= 0.3 is 11.9 Å². The van der Waals surface area contributed by atoms with Crippen molar-refractivity contribution < 1.29 is 27.9 Å². The first kappa shape index (κ1) is 28.2. The molecule has 2 amide bonds. The molecule has 2 atom stereocenters. The van der Waals surface area contributed by atoms with Crippen molar-refractivity contribution in [2.24, 2.45) is 16.0 Å². The number of benzene rings is 1. The zero-order chi connectivity index (χ0) is 29.9. The first-order chi connectivity index (χ1) is 20.0. The zero-order valence-corrected chi connectivity index (χ0v) is 24.0. The number of sulfone groups is 1. The molecule has 11 nitrogen and oxygen atoms in total. The Bertz CT molecular complexity index is 1640. The Labute approximate surface area is 243 Å². The van der Waals surface area contributed by atoms with E-state index in [1.54, 1.807) is 6.20 Å². The number of aromatic nitrogens is 1. The number of carboxylic acid groups (broad SMARTS) is 1. The second-order valence-corrected chi connectivity index (χ2v) is 14.3. The molecule has 2 aromatic rings. The molecule has 12 heteroatoms. The van der Waals surface area contributed by atoms with Crippen LogP contribution in [0.3, 0.4) is 0 Å². The fraction of sp³-hybridized carbons (Fsp3) is 0.467. The molecule has 0 spiro atoms. The number of nitroso groups, excluding NO2 is 1. The molecule has 3 saturated carbocycles. The minimum absolute atomic E-state index is 0.000285. The molecule has 42 heavy (non-hydrogen) atoms. The molecule has 5 aliphatic rings. The predicted octanol–water partition coefficient (Wildman–Crippen LogP) is 4.11. The number of carboxylic acids is 1. The van der Waals surface area contributed by atoms with Crippen molar-refractivity contribution in [3.8, 4) is 0 Å². The van der Waals surface area contributed by atoms with Crippen LogP contribution in [0.15, 0.2) is 46.6 Å². The van der Waals surface area contributed by atoms with Crippen LogP contribution in [-0.4, -0.2) is 48.6 Å². The number of aliphatic carboxylic acids is 1. The molecule has 2 unspecified atom stereocenters. The molecule has 220 valence electrons. The summed E-state index contributed by atoms with van der Waals surface area (Å²) in [5.74, 6) is -2.23. The largest absolute Gasteiger partial charge is 0.481 e. The van der Waals surface area contributed by atoms with Crippen LogP contribution in [-0.2, 0) is 14.6 Å². The van der Waals surface area contributed by atoms with Gasteiger partial charge in [-0.1, -0.05) is 19.1 Å². The van der Waals surface area contributed by atoms with Gasteiger partial charge in [0, 0.05) is 34.7 Å². The topological polar surface area (TPSA) is 172 Å². The number of hydrogen-bond donors (Lipinski definition) is 3. The van der Waals surface area contributed by atoms with Crippen molar-refractivity contribution in [2.75, 3.05) is 12.3 Å². The second-order valence-electron chi connectivity index (χ2n) is 12.3. The Balaban J connectivity index is 1.21. The number of nitrogens with zero attached hydrogens (tertiary/aromatic N) is 2.